The Balaban J connectivity index is 1.52. The van der Waals surface area contributed by atoms with E-state index in [1.54, 1.807) is 18.2 Å². The Labute approximate surface area is 190 Å². The average molecular weight is 468 g/mol. The maximum atomic E-state index is 12.8. The van der Waals surface area contributed by atoms with Gasteiger partial charge in [-0.1, -0.05) is 12.1 Å². The summed E-state index contributed by atoms with van der Waals surface area (Å²) in [6.45, 7) is 1.06. The van der Waals surface area contributed by atoms with Crippen molar-refractivity contribution in [2.75, 3.05) is 23.3 Å². The molecular formula is C23H20N2O7S. The lowest BCUT2D eigenvalue weighted by Crippen LogP contribution is -2.16. The van der Waals surface area contributed by atoms with Gasteiger partial charge in [0, 0.05) is 29.4 Å². The van der Waals surface area contributed by atoms with Gasteiger partial charge in [0.15, 0.2) is 11.5 Å². The minimum atomic E-state index is -4.06. The summed E-state index contributed by atoms with van der Waals surface area (Å²) in [5.74, 6) is -0.565. The Hall–Kier alpha value is -4.05. The Bertz CT molecular complexity index is 1320. The molecule has 4 rings (SSSR count). The van der Waals surface area contributed by atoms with Gasteiger partial charge in [0.05, 0.1) is 23.7 Å². The number of anilines is 2. The molecule has 0 unspecified atom stereocenters. The molecule has 1 aliphatic rings. The number of carboxylic acids is 1. The van der Waals surface area contributed by atoms with Gasteiger partial charge in [0.1, 0.15) is 0 Å². The summed E-state index contributed by atoms with van der Waals surface area (Å²) < 4.78 is 39.1. The fraction of sp³-hybridized carbons (Fsp3) is 0.130. The number of carboxylic acid groups (broad SMARTS) is 1. The van der Waals surface area contributed by atoms with Crippen molar-refractivity contribution in [1.29, 1.82) is 0 Å². The van der Waals surface area contributed by atoms with Crippen LogP contribution in [0.2, 0.25) is 0 Å². The van der Waals surface area contributed by atoms with Crippen molar-refractivity contribution < 1.29 is 32.6 Å². The highest BCUT2D eigenvalue weighted by Gasteiger charge is 2.18. The molecule has 1 heterocycles. The van der Waals surface area contributed by atoms with Crippen LogP contribution in [0.1, 0.15) is 27.1 Å². The normalized spacial score (nSPS) is 13.0. The van der Waals surface area contributed by atoms with Crippen LogP contribution in [-0.4, -0.2) is 38.6 Å². The zero-order valence-electron chi connectivity index (χ0n) is 17.3. The van der Waals surface area contributed by atoms with E-state index in [4.69, 9.17) is 14.6 Å². The molecule has 0 saturated carbocycles. The number of nitrogens with one attached hydrogen (secondary N) is 2. The number of amides is 1. The molecule has 0 atom stereocenters. The molecule has 0 radical (unpaired) electrons. The lowest BCUT2D eigenvalue weighted by Gasteiger charge is -2.12. The van der Waals surface area contributed by atoms with Gasteiger partial charge < -0.3 is 19.9 Å². The Kier molecular flexibility index (Phi) is 6.18. The van der Waals surface area contributed by atoms with Gasteiger partial charge in [-0.2, -0.15) is 0 Å². The third kappa shape index (κ3) is 5.24. The zero-order chi connectivity index (χ0) is 23.4. The van der Waals surface area contributed by atoms with E-state index in [0.29, 0.717) is 30.4 Å². The summed E-state index contributed by atoms with van der Waals surface area (Å²) in [4.78, 5) is 23.7. The predicted octanol–water partition coefficient (Wildman–Crippen LogP) is 3.60. The standard InChI is InChI=1S/C23H20N2O7S/c26-22(24-17-8-9-20-21(14-17)32-11-3-10-31-20)15-4-2-7-19(13-15)33(29,30)25-18-6-1-5-16(12-18)23(27)28/h1-2,4-9,12-14,25H,3,10-11H2,(H,24,26)(H,27,28). The summed E-state index contributed by atoms with van der Waals surface area (Å²) in [6.07, 6.45) is 0.756. The second kappa shape index (κ2) is 9.21. The third-order valence-electron chi connectivity index (χ3n) is 4.77. The largest absolute Gasteiger partial charge is 0.490 e. The molecule has 1 amide bonds. The van der Waals surface area contributed by atoms with E-state index in [1.807, 2.05) is 0 Å². The Morgan fingerprint density at radius 3 is 2.33 bits per heavy atom. The Morgan fingerprint density at radius 2 is 1.55 bits per heavy atom. The fourth-order valence-corrected chi connectivity index (χ4v) is 4.27. The molecule has 1 aliphatic heterocycles. The highest BCUT2D eigenvalue weighted by atomic mass is 32.2. The second-order valence-corrected chi connectivity index (χ2v) is 8.87. The molecule has 10 heteroatoms. The van der Waals surface area contributed by atoms with Crippen LogP contribution in [0.25, 0.3) is 0 Å². The highest BCUT2D eigenvalue weighted by Crippen LogP contribution is 2.32. The number of sulfonamides is 1. The second-order valence-electron chi connectivity index (χ2n) is 7.19. The highest BCUT2D eigenvalue weighted by molar-refractivity contribution is 7.92. The zero-order valence-corrected chi connectivity index (χ0v) is 18.1. The maximum Gasteiger partial charge on any atom is 0.335 e. The van der Waals surface area contributed by atoms with E-state index in [9.17, 15) is 18.0 Å². The van der Waals surface area contributed by atoms with Crippen LogP contribution in [0.4, 0.5) is 11.4 Å². The molecular weight excluding hydrogens is 448 g/mol. The van der Waals surface area contributed by atoms with Crippen molar-refractivity contribution >= 4 is 33.3 Å². The molecule has 0 spiro atoms. The smallest absolute Gasteiger partial charge is 0.335 e. The number of rotatable bonds is 6. The average Bonchev–Trinajstić information content (AvgIpc) is 3.04. The molecule has 0 bridgehead atoms. The number of hydrogen-bond acceptors (Lipinski definition) is 6. The minimum Gasteiger partial charge on any atom is -0.490 e. The van der Waals surface area contributed by atoms with Crippen molar-refractivity contribution in [3.63, 3.8) is 0 Å². The molecule has 3 N–H and O–H groups in total. The molecule has 0 aromatic heterocycles. The number of carbonyl (C=O) groups is 2. The van der Waals surface area contributed by atoms with E-state index in [0.717, 1.165) is 6.42 Å². The first-order valence-corrected chi connectivity index (χ1v) is 11.5. The molecule has 9 nitrogen and oxygen atoms in total. The third-order valence-corrected chi connectivity index (χ3v) is 6.15. The molecule has 0 fully saturated rings. The number of aromatic carboxylic acids is 1. The summed E-state index contributed by atoms with van der Waals surface area (Å²) in [7, 11) is -4.06. The number of fused-ring (bicyclic) bond motifs is 1. The molecule has 3 aromatic carbocycles. The van der Waals surface area contributed by atoms with Crippen LogP contribution in [-0.2, 0) is 10.0 Å². The topological polar surface area (TPSA) is 131 Å². The van der Waals surface area contributed by atoms with Crippen LogP contribution in [0, 0.1) is 0 Å². The van der Waals surface area contributed by atoms with E-state index in [-0.39, 0.29) is 21.7 Å². The van der Waals surface area contributed by atoms with Gasteiger partial charge in [0.2, 0.25) is 0 Å². The number of ether oxygens (including phenoxy) is 2. The Morgan fingerprint density at radius 1 is 0.818 bits per heavy atom. The van der Waals surface area contributed by atoms with Crippen LogP contribution in [0.15, 0.2) is 71.6 Å². The predicted molar refractivity (Wildman–Crippen MR) is 121 cm³/mol. The summed E-state index contributed by atoms with van der Waals surface area (Å²) >= 11 is 0. The molecule has 0 aliphatic carbocycles. The number of carbonyl (C=O) groups excluding carboxylic acids is 1. The van der Waals surface area contributed by atoms with Crippen LogP contribution < -0.4 is 19.5 Å². The maximum absolute atomic E-state index is 12.8. The van der Waals surface area contributed by atoms with Crippen molar-refractivity contribution in [2.24, 2.45) is 0 Å². The van der Waals surface area contributed by atoms with Crippen molar-refractivity contribution in [1.82, 2.24) is 0 Å². The summed E-state index contributed by atoms with van der Waals surface area (Å²) in [5.41, 5.74) is 0.640. The minimum absolute atomic E-state index is 0.0570. The van der Waals surface area contributed by atoms with Crippen molar-refractivity contribution in [2.45, 2.75) is 11.3 Å². The van der Waals surface area contributed by atoms with Gasteiger partial charge in [-0.25, -0.2) is 13.2 Å². The van der Waals surface area contributed by atoms with Crippen LogP contribution in [0.3, 0.4) is 0 Å². The first kappa shape index (κ1) is 22.2. The van der Waals surface area contributed by atoms with E-state index in [1.165, 1.54) is 48.5 Å². The first-order chi connectivity index (χ1) is 15.8. The fourth-order valence-electron chi connectivity index (χ4n) is 3.18. The number of benzene rings is 3. The number of hydrogen-bond donors (Lipinski definition) is 3. The summed E-state index contributed by atoms with van der Waals surface area (Å²) in [6, 6.07) is 16.0. The van der Waals surface area contributed by atoms with Gasteiger partial charge in [-0.3, -0.25) is 9.52 Å². The van der Waals surface area contributed by atoms with Crippen LogP contribution in [0.5, 0.6) is 11.5 Å². The SMILES string of the molecule is O=C(O)c1cccc(NS(=O)(=O)c2cccc(C(=O)Nc3ccc4c(c3)OCCCO4)c2)c1. The summed E-state index contributed by atoms with van der Waals surface area (Å²) in [5, 5.41) is 11.8. The van der Waals surface area contributed by atoms with Gasteiger partial charge in [-0.05, 0) is 48.5 Å². The van der Waals surface area contributed by atoms with Gasteiger partial charge >= 0.3 is 5.97 Å². The molecule has 170 valence electrons. The van der Waals surface area contributed by atoms with Crippen molar-refractivity contribution in [3.8, 4) is 11.5 Å². The van der Waals surface area contributed by atoms with E-state index >= 15 is 0 Å². The quantitative estimate of drug-likeness (QED) is 0.504. The van der Waals surface area contributed by atoms with Gasteiger partial charge in [0.25, 0.3) is 15.9 Å². The van der Waals surface area contributed by atoms with E-state index < -0.39 is 21.9 Å². The first-order valence-electron chi connectivity index (χ1n) is 9.99. The van der Waals surface area contributed by atoms with Gasteiger partial charge in [-0.15, -0.1) is 0 Å². The monoisotopic (exact) mass is 468 g/mol. The molecule has 3 aromatic rings. The van der Waals surface area contributed by atoms with E-state index in [2.05, 4.69) is 10.0 Å². The van der Waals surface area contributed by atoms with Crippen LogP contribution >= 0.6 is 0 Å². The lowest BCUT2D eigenvalue weighted by molar-refractivity contribution is 0.0696. The van der Waals surface area contributed by atoms with Crippen molar-refractivity contribution in [3.05, 3.63) is 77.9 Å². The molecule has 33 heavy (non-hydrogen) atoms. The molecule has 0 saturated heterocycles. The lowest BCUT2D eigenvalue weighted by atomic mass is 10.2.